The van der Waals surface area contributed by atoms with Crippen molar-refractivity contribution >= 4 is 17.7 Å². The highest BCUT2D eigenvalue weighted by Gasteiger charge is 2.32. The van der Waals surface area contributed by atoms with Gasteiger partial charge in [-0.15, -0.1) is 0 Å². The van der Waals surface area contributed by atoms with Gasteiger partial charge in [-0.2, -0.15) is 11.8 Å². The molecule has 0 radical (unpaired) electrons. The van der Waals surface area contributed by atoms with Crippen molar-refractivity contribution in [3.63, 3.8) is 0 Å². The summed E-state index contributed by atoms with van der Waals surface area (Å²) in [4.78, 5) is 4.82. The van der Waals surface area contributed by atoms with E-state index in [2.05, 4.69) is 24.5 Å². The molecule has 5 nitrogen and oxygen atoms in total. The van der Waals surface area contributed by atoms with Crippen LogP contribution in [0.15, 0.2) is 29.3 Å². The first-order valence-electron chi connectivity index (χ1n) is 9.73. The summed E-state index contributed by atoms with van der Waals surface area (Å²) in [5.41, 5.74) is 0. The molecule has 0 aliphatic carbocycles. The van der Waals surface area contributed by atoms with E-state index in [-0.39, 0.29) is 16.7 Å². The second-order valence-corrected chi connectivity index (χ2v) is 8.42. The van der Waals surface area contributed by atoms with Gasteiger partial charge in [-0.05, 0) is 44.6 Å². The van der Waals surface area contributed by atoms with E-state index in [1.165, 1.54) is 12.1 Å². The lowest BCUT2D eigenvalue weighted by atomic mass is 9.99. The number of nitrogens with one attached hydrogen (secondary N) is 2. The summed E-state index contributed by atoms with van der Waals surface area (Å²) in [6.45, 7) is 9.96. The zero-order valence-corrected chi connectivity index (χ0v) is 17.4. The first-order valence-corrected chi connectivity index (χ1v) is 10.7. The Labute approximate surface area is 166 Å². The van der Waals surface area contributed by atoms with Gasteiger partial charge < -0.3 is 20.1 Å². The first-order chi connectivity index (χ1) is 13.1. The third-order valence-electron chi connectivity index (χ3n) is 4.41. The molecular formula is C20H32FN3O2S. The van der Waals surface area contributed by atoms with E-state index in [0.717, 1.165) is 50.9 Å². The van der Waals surface area contributed by atoms with Gasteiger partial charge in [-0.3, -0.25) is 4.99 Å². The third kappa shape index (κ3) is 7.58. The zero-order chi connectivity index (χ0) is 19.5. The molecule has 1 heterocycles. The standard InChI is InChI=1S/C20H32FN3O2S/c1-4-22-19(24-15-20(27-5-2)9-11-25-12-10-20)23-14-16(3)26-18-8-6-7-17(21)13-18/h6-8,13,16H,4-5,9-12,14-15H2,1-3H3,(H2,22,23,24). The predicted octanol–water partition coefficient (Wildman–Crippen LogP) is 3.45. The number of guanidine groups is 1. The smallest absolute Gasteiger partial charge is 0.191 e. The molecule has 0 aromatic heterocycles. The van der Waals surface area contributed by atoms with Crippen LogP contribution in [0.3, 0.4) is 0 Å². The lowest BCUT2D eigenvalue weighted by Gasteiger charge is -2.35. The summed E-state index contributed by atoms with van der Waals surface area (Å²) in [6, 6.07) is 6.21. The summed E-state index contributed by atoms with van der Waals surface area (Å²) in [6.07, 6.45) is 1.96. The molecule has 2 rings (SSSR count). The van der Waals surface area contributed by atoms with Gasteiger partial charge in [0.15, 0.2) is 5.96 Å². The van der Waals surface area contributed by atoms with Crippen molar-refractivity contribution in [3.05, 3.63) is 30.1 Å². The van der Waals surface area contributed by atoms with Crippen LogP contribution in [-0.4, -0.2) is 55.4 Å². The number of hydrogen-bond acceptors (Lipinski definition) is 4. The van der Waals surface area contributed by atoms with E-state index >= 15 is 0 Å². The Morgan fingerprint density at radius 2 is 2.11 bits per heavy atom. The molecule has 1 aliphatic heterocycles. The van der Waals surface area contributed by atoms with Crippen LogP contribution in [0.4, 0.5) is 4.39 Å². The fraction of sp³-hybridized carbons (Fsp3) is 0.650. The van der Waals surface area contributed by atoms with Crippen molar-refractivity contribution in [2.45, 2.75) is 44.5 Å². The number of nitrogens with zero attached hydrogens (tertiary/aromatic N) is 1. The summed E-state index contributed by atoms with van der Waals surface area (Å²) >= 11 is 1.98. The highest BCUT2D eigenvalue weighted by molar-refractivity contribution is 8.00. The minimum Gasteiger partial charge on any atom is -0.489 e. The van der Waals surface area contributed by atoms with Gasteiger partial charge in [0.1, 0.15) is 17.7 Å². The molecule has 0 bridgehead atoms. The molecule has 27 heavy (non-hydrogen) atoms. The molecule has 1 atom stereocenters. The zero-order valence-electron chi connectivity index (χ0n) is 16.6. The molecule has 0 spiro atoms. The lowest BCUT2D eigenvalue weighted by molar-refractivity contribution is 0.0793. The molecule has 1 aromatic rings. The molecule has 0 amide bonds. The average molecular weight is 398 g/mol. The van der Waals surface area contributed by atoms with Crippen LogP contribution in [0.5, 0.6) is 5.75 Å². The maximum atomic E-state index is 13.3. The normalized spacial score (nSPS) is 18.0. The summed E-state index contributed by atoms with van der Waals surface area (Å²) in [7, 11) is 0. The fourth-order valence-electron chi connectivity index (χ4n) is 3.02. The molecule has 2 N–H and O–H groups in total. The molecule has 7 heteroatoms. The Morgan fingerprint density at radius 3 is 2.78 bits per heavy atom. The van der Waals surface area contributed by atoms with Crippen molar-refractivity contribution in [2.24, 2.45) is 4.99 Å². The molecule has 1 unspecified atom stereocenters. The van der Waals surface area contributed by atoms with Gasteiger partial charge in [-0.25, -0.2) is 4.39 Å². The Kier molecular flexibility index (Phi) is 9.21. The Balaban J connectivity index is 1.90. The minimum atomic E-state index is -0.294. The van der Waals surface area contributed by atoms with Crippen LogP contribution in [0.25, 0.3) is 0 Å². The monoisotopic (exact) mass is 397 g/mol. The van der Waals surface area contributed by atoms with Crippen LogP contribution in [0, 0.1) is 5.82 Å². The van der Waals surface area contributed by atoms with E-state index < -0.39 is 0 Å². The lowest BCUT2D eigenvalue weighted by Crippen LogP contribution is -2.43. The van der Waals surface area contributed by atoms with E-state index in [0.29, 0.717) is 12.3 Å². The molecular weight excluding hydrogens is 365 g/mol. The highest BCUT2D eigenvalue weighted by Crippen LogP contribution is 2.35. The van der Waals surface area contributed by atoms with Crippen LogP contribution < -0.4 is 15.4 Å². The maximum Gasteiger partial charge on any atom is 0.191 e. The number of thioether (sulfide) groups is 1. The van der Waals surface area contributed by atoms with Crippen LogP contribution in [0.2, 0.25) is 0 Å². The van der Waals surface area contributed by atoms with Crippen LogP contribution >= 0.6 is 11.8 Å². The quantitative estimate of drug-likeness (QED) is 0.494. The largest absolute Gasteiger partial charge is 0.489 e. The van der Waals surface area contributed by atoms with Crippen molar-refractivity contribution in [1.82, 2.24) is 10.6 Å². The van der Waals surface area contributed by atoms with Crippen molar-refractivity contribution in [3.8, 4) is 5.75 Å². The molecule has 1 saturated heterocycles. The number of hydrogen-bond donors (Lipinski definition) is 2. The Morgan fingerprint density at radius 1 is 1.33 bits per heavy atom. The van der Waals surface area contributed by atoms with Gasteiger partial charge in [0.05, 0.1) is 13.1 Å². The topological polar surface area (TPSA) is 54.9 Å². The highest BCUT2D eigenvalue weighted by atomic mass is 32.2. The van der Waals surface area contributed by atoms with Gasteiger partial charge in [0.25, 0.3) is 0 Å². The van der Waals surface area contributed by atoms with Crippen molar-refractivity contribution in [2.75, 3.05) is 38.6 Å². The predicted molar refractivity (Wildman–Crippen MR) is 111 cm³/mol. The van der Waals surface area contributed by atoms with Gasteiger partial charge in [-0.1, -0.05) is 13.0 Å². The molecule has 1 aromatic carbocycles. The fourth-order valence-corrected chi connectivity index (χ4v) is 4.24. The third-order valence-corrected chi connectivity index (χ3v) is 5.85. The van der Waals surface area contributed by atoms with Gasteiger partial charge in [0, 0.05) is 30.6 Å². The van der Waals surface area contributed by atoms with Gasteiger partial charge >= 0.3 is 0 Å². The van der Waals surface area contributed by atoms with E-state index in [4.69, 9.17) is 14.5 Å². The summed E-state index contributed by atoms with van der Waals surface area (Å²) < 4.78 is 24.7. The van der Waals surface area contributed by atoms with Crippen molar-refractivity contribution < 1.29 is 13.9 Å². The van der Waals surface area contributed by atoms with E-state index in [1.54, 1.807) is 12.1 Å². The number of halogens is 1. The number of benzene rings is 1. The Hall–Kier alpha value is -1.47. The second-order valence-electron chi connectivity index (χ2n) is 6.69. The molecule has 1 fully saturated rings. The molecule has 0 saturated carbocycles. The number of rotatable bonds is 9. The Bertz CT molecular complexity index is 589. The van der Waals surface area contributed by atoms with Crippen molar-refractivity contribution in [1.29, 1.82) is 0 Å². The SMILES string of the molecule is CCNC(=NCC1(SCC)CCOCC1)NCC(C)Oc1cccc(F)c1. The van der Waals surface area contributed by atoms with E-state index in [1.807, 2.05) is 18.7 Å². The summed E-state index contributed by atoms with van der Waals surface area (Å²) in [5, 5.41) is 6.63. The molecule has 1 aliphatic rings. The van der Waals surface area contributed by atoms with Crippen LogP contribution in [0.1, 0.15) is 33.6 Å². The van der Waals surface area contributed by atoms with Gasteiger partial charge in [0.2, 0.25) is 0 Å². The number of ether oxygens (including phenoxy) is 2. The number of aliphatic imine (C=N–C) groups is 1. The average Bonchev–Trinajstić information content (AvgIpc) is 2.65. The minimum absolute atomic E-state index is 0.113. The maximum absolute atomic E-state index is 13.3. The summed E-state index contributed by atoms with van der Waals surface area (Å²) in [5.74, 6) is 2.11. The van der Waals surface area contributed by atoms with Crippen LogP contribution in [-0.2, 0) is 4.74 Å². The van der Waals surface area contributed by atoms with E-state index in [9.17, 15) is 4.39 Å². The second kappa shape index (κ2) is 11.4. The molecule has 152 valence electrons. The first kappa shape index (κ1) is 21.8.